The van der Waals surface area contributed by atoms with Crippen LogP contribution in [0.4, 0.5) is 0 Å². The quantitative estimate of drug-likeness (QED) is 0.620. The lowest BCUT2D eigenvalue weighted by Crippen LogP contribution is -2.31. The average Bonchev–Trinajstić information content (AvgIpc) is 2.55. The second kappa shape index (κ2) is 8.33. The zero-order chi connectivity index (χ0) is 17.7. The van der Waals surface area contributed by atoms with Crippen LogP contribution in [-0.4, -0.2) is 23.5 Å². The topological polar surface area (TPSA) is 68.3 Å². The van der Waals surface area contributed by atoms with Gasteiger partial charge in [-0.25, -0.2) is 9.78 Å². The van der Waals surface area contributed by atoms with Crippen LogP contribution in [0.2, 0.25) is 15.2 Å². The van der Waals surface area contributed by atoms with Crippen LogP contribution in [0.5, 0.6) is 0 Å². The van der Waals surface area contributed by atoms with E-state index in [9.17, 15) is 9.59 Å². The van der Waals surface area contributed by atoms with Crippen LogP contribution >= 0.6 is 34.8 Å². The Morgan fingerprint density at radius 1 is 1.12 bits per heavy atom. The van der Waals surface area contributed by atoms with Gasteiger partial charge in [0.1, 0.15) is 5.15 Å². The molecule has 1 amide bonds. The van der Waals surface area contributed by atoms with Crippen molar-refractivity contribution >= 4 is 46.7 Å². The lowest BCUT2D eigenvalue weighted by molar-refractivity contribution is -0.124. The van der Waals surface area contributed by atoms with Crippen LogP contribution in [0.25, 0.3) is 0 Å². The van der Waals surface area contributed by atoms with Crippen molar-refractivity contribution in [1.82, 2.24) is 10.3 Å². The van der Waals surface area contributed by atoms with Gasteiger partial charge in [0.25, 0.3) is 5.91 Å². The molecule has 0 radical (unpaired) electrons. The minimum absolute atomic E-state index is 0.0919. The van der Waals surface area contributed by atoms with Gasteiger partial charge >= 0.3 is 5.97 Å². The molecule has 1 atom stereocenters. The fourth-order valence-electron chi connectivity index (χ4n) is 1.95. The molecule has 1 N–H and O–H groups in total. The molecule has 0 saturated carbocycles. The standard InChI is InChI=1S/C16H13Cl3N2O3/c1-9(10-4-2-3-5-11(10)17)20-14(22)8-24-16(23)15-12(18)6-7-13(19)21-15/h2-7,9H,8H2,1H3,(H,20,22)/t9-/m1/s1. The monoisotopic (exact) mass is 386 g/mol. The van der Waals surface area contributed by atoms with Crippen LogP contribution in [0, 0.1) is 0 Å². The van der Waals surface area contributed by atoms with E-state index in [0.717, 1.165) is 5.56 Å². The molecule has 0 bridgehead atoms. The Morgan fingerprint density at radius 2 is 1.83 bits per heavy atom. The fourth-order valence-corrected chi connectivity index (χ4v) is 2.58. The molecule has 0 spiro atoms. The van der Waals surface area contributed by atoms with E-state index in [0.29, 0.717) is 5.02 Å². The number of pyridine rings is 1. The van der Waals surface area contributed by atoms with Gasteiger partial charge in [0, 0.05) is 5.02 Å². The number of aromatic nitrogens is 1. The Kier molecular flexibility index (Phi) is 6.43. The molecule has 24 heavy (non-hydrogen) atoms. The molecule has 0 unspecified atom stereocenters. The lowest BCUT2D eigenvalue weighted by Gasteiger charge is -2.15. The maximum Gasteiger partial charge on any atom is 0.359 e. The van der Waals surface area contributed by atoms with Gasteiger partial charge in [0.2, 0.25) is 0 Å². The molecule has 1 heterocycles. The van der Waals surface area contributed by atoms with Crippen LogP contribution in [-0.2, 0) is 9.53 Å². The molecular formula is C16H13Cl3N2O3. The molecule has 1 aromatic heterocycles. The van der Waals surface area contributed by atoms with Crippen molar-refractivity contribution in [2.75, 3.05) is 6.61 Å². The fraction of sp³-hybridized carbons (Fsp3) is 0.188. The minimum Gasteiger partial charge on any atom is -0.451 e. The van der Waals surface area contributed by atoms with Crippen LogP contribution in [0.1, 0.15) is 29.0 Å². The number of carbonyl (C=O) groups excluding carboxylic acids is 2. The Balaban J connectivity index is 1.92. The van der Waals surface area contributed by atoms with Crippen molar-refractivity contribution in [2.45, 2.75) is 13.0 Å². The maximum absolute atomic E-state index is 11.9. The normalized spacial score (nSPS) is 11.7. The first-order valence-electron chi connectivity index (χ1n) is 6.91. The van der Waals surface area contributed by atoms with Gasteiger partial charge in [-0.3, -0.25) is 4.79 Å². The predicted molar refractivity (Wildman–Crippen MR) is 92.5 cm³/mol. The molecule has 126 valence electrons. The third-order valence-corrected chi connectivity index (χ3v) is 3.95. The van der Waals surface area contributed by atoms with Gasteiger partial charge in [-0.15, -0.1) is 0 Å². The van der Waals surface area contributed by atoms with Gasteiger partial charge < -0.3 is 10.1 Å². The van der Waals surface area contributed by atoms with Gasteiger partial charge in [0.05, 0.1) is 11.1 Å². The van der Waals surface area contributed by atoms with E-state index < -0.39 is 18.5 Å². The van der Waals surface area contributed by atoms with Crippen molar-refractivity contribution in [2.24, 2.45) is 0 Å². The summed E-state index contributed by atoms with van der Waals surface area (Å²) in [5, 5.41) is 3.42. The number of esters is 1. The molecule has 5 nitrogen and oxygen atoms in total. The Bertz CT molecular complexity index is 768. The number of carbonyl (C=O) groups is 2. The highest BCUT2D eigenvalue weighted by Crippen LogP contribution is 2.22. The lowest BCUT2D eigenvalue weighted by atomic mass is 10.1. The summed E-state index contributed by atoms with van der Waals surface area (Å²) < 4.78 is 4.90. The first-order valence-corrected chi connectivity index (χ1v) is 8.05. The van der Waals surface area contributed by atoms with Crippen molar-refractivity contribution < 1.29 is 14.3 Å². The van der Waals surface area contributed by atoms with E-state index >= 15 is 0 Å². The minimum atomic E-state index is -0.831. The first kappa shape index (κ1) is 18.5. The first-order chi connectivity index (χ1) is 11.4. The Hall–Kier alpha value is -1.82. The number of nitrogens with one attached hydrogen (secondary N) is 1. The van der Waals surface area contributed by atoms with Crippen LogP contribution < -0.4 is 5.32 Å². The van der Waals surface area contributed by atoms with E-state index in [2.05, 4.69) is 10.3 Å². The highest BCUT2D eigenvalue weighted by atomic mass is 35.5. The second-order valence-corrected chi connectivity index (χ2v) is 6.05. The molecule has 0 fully saturated rings. The average molecular weight is 388 g/mol. The van der Waals surface area contributed by atoms with Gasteiger partial charge in [-0.2, -0.15) is 0 Å². The van der Waals surface area contributed by atoms with Crippen LogP contribution in [0.3, 0.4) is 0 Å². The zero-order valence-corrected chi connectivity index (χ0v) is 14.8. The number of rotatable bonds is 5. The summed E-state index contributed by atoms with van der Waals surface area (Å²) in [4.78, 5) is 27.6. The van der Waals surface area contributed by atoms with E-state index in [1.165, 1.54) is 12.1 Å². The molecule has 0 aliphatic carbocycles. The summed E-state index contributed by atoms with van der Waals surface area (Å²) in [5.74, 6) is -1.31. The number of nitrogens with zero attached hydrogens (tertiary/aromatic N) is 1. The highest BCUT2D eigenvalue weighted by molar-refractivity contribution is 6.34. The van der Waals surface area contributed by atoms with Crippen molar-refractivity contribution in [3.8, 4) is 0 Å². The van der Waals surface area contributed by atoms with E-state index in [-0.39, 0.29) is 21.9 Å². The number of amides is 1. The smallest absolute Gasteiger partial charge is 0.359 e. The summed E-state index contributed by atoms with van der Waals surface area (Å²) in [6.45, 7) is 1.30. The molecule has 1 aromatic carbocycles. The number of ether oxygens (including phenoxy) is 1. The summed E-state index contributed by atoms with van der Waals surface area (Å²) in [5.41, 5.74) is 0.620. The molecule has 8 heteroatoms. The summed E-state index contributed by atoms with van der Waals surface area (Å²) >= 11 is 17.6. The Labute approximate surface area is 153 Å². The molecule has 0 saturated heterocycles. The number of hydrogen-bond acceptors (Lipinski definition) is 4. The largest absolute Gasteiger partial charge is 0.451 e. The van der Waals surface area contributed by atoms with Crippen molar-refractivity contribution in [1.29, 1.82) is 0 Å². The summed E-state index contributed by atoms with van der Waals surface area (Å²) in [6.07, 6.45) is 0. The van der Waals surface area contributed by atoms with Crippen molar-refractivity contribution in [3.63, 3.8) is 0 Å². The van der Waals surface area contributed by atoms with Gasteiger partial charge in [-0.1, -0.05) is 53.0 Å². The second-order valence-electron chi connectivity index (χ2n) is 4.85. The maximum atomic E-state index is 11.9. The van der Waals surface area contributed by atoms with E-state index in [1.807, 2.05) is 6.07 Å². The predicted octanol–water partition coefficient (Wildman–Crippen LogP) is 4.08. The van der Waals surface area contributed by atoms with Gasteiger partial charge in [-0.05, 0) is 30.7 Å². The SMILES string of the molecule is C[C@@H](NC(=O)COC(=O)c1nc(Cl)ccc1Cl)c1ccccc1Cl. The van der Waals surface area contributed by atoms with Crippen molar-refractivity contribution in [3.05, 3.63) is 62.9 Å². The van der Waals surface area contributed by atoms with E-state index in [4.69, 9.17) is 39.5 Å². The molecule has 2 rings (SSSR count). The number of benzene rings is 1. The summed E-state index contributed by atoms with van der Waals surface area (Å²) in [7, 11) is 0. The third-order valence-electron chi connectivity index (χ3n) is 3.09. The molecule has 2 aromatic rings. The van der Waals surface area contributed by atoms with Gasteiger partial charge in [0.15, 0.2) is 12.3 Å². The third kappa shape index (κ3) is 4.84. The number of halogens is 3. The molecule has 0 aliphatic heterocycles. The number of hydrogen-bond donors (Lipinski definition) is 1. The molecular weight excluding hydrogens is 375 g/mol. The summed E-state index contributed by atoms with van der Waals surface area (Å²) in [6, 6.07) is 9.67. The van der Waals surface area contributed by atoms with E-state index in [1.54, 1.807) is 25.1 Å². The Morgan fingerprint density at radius 3 is 2.54 bits per heavy atom. The molecule has 0 aliphatic rings. The highest BCUT2D eigenvalue weighted by Gasteiger charge is 2.17. The van der Waals surface area contributed by atoms with Crippen LogP contribution in [0.15, 0.2) is 36.4 Å². The zero-order valence-electron chi connectivity index (χ0n) is 12.6.